The van der Waals surface area contributed by atoms with Gasteiger partial charge in [0.05, 0.1) is 37.0 Å². The number of H-pyrrole nitrogens is 1. The standard InChI is InChI=1S/C19H16N4O3/c1-25-12-5-3-4-11(8-12)22-19(24)13-9-20-15-10-21-14-6-7-16(26-2)23-18(14)17(13)15/h3-10,20H,1-2H3,(H,22,24). The number of pyridine rings is 2. The second-order valence-electron chi connectivity index (χ2n) is 5.66. The molecule has 0 aliphatic carbocycles. The number of nitrogens with one attached hydrogen (secondary N) is 2. The number of anilines is 1. The van der Waals surface area contributed by atoms with Crippen LogP contribution in [-0.2, 0) is 0 Å². The predicted octanol–water partition coefficient (Wildman–Crippen LogP) is 3.38. The molecule has 0 saturated heterocycles. The van der Waals surface area contributed by atoms with Gasteiger partial charge in [-0.15, -0.1) is 0 Å². The fourth-order valence-corrected chi connectivity index (χ4v) is 2.84. The van der Waals surface area contributed by atoms with E-state index in [9.17, 15) is 4.79 Å². The first-order valence-electron chi connectivity index (χ1n) is 7.96. The minimum Gasteiger partial charge on any atom is -0.497 e. The van der Waals surface area contributed by atoms with E-state index in [4.69, 9.17) is 9.47 Å². The van der Waals surface area contributed by atoms with Crippen molar-refractivity contribution in [2.24, 2.45) is 0 Å². The highest BCUT2D eigenvalue weighted by Crippen LogP contribution is 2.27. The lowest BCUT2D eigenvalue weighted by atomic mass is 10.1. The summed E-state index contributed by atoms with van der Waals surface area (Å²) >= 11 is 0. The highest BCUT2D eigenvalue weighted by atomic mass is 16.5. The van der Waals surface area contributed by atoms with Crippen LogP contribution in [0, 0.1) is 0 Å². The molecule has 26 heavy (non-hydrogen) atoms. The molecule has 0 saturated carbocycles. The fourth-order valence-electron chi connectivity index (χ4n) is 2.84. The summed E-state index contributed by atoms with van der Waals surface area (Å²) < 4.78 is 10.4. The number of fused-ring (bicyclic) bond motifs is 3. The number of nitrogens with zero attached hydrogens (tertiary/aromatic N) is 2. The molecule has 7 nitrogen and oxygen atoms in total. The molecule has 0 spiro atoms. The molecule has 0 radical (unpaired) electrons. The molecule has 3 heterocycles. The Hall–Kier alpha value is -3.61. The van der Waals surface area contributed by atoms with Crippen LogP contribution in [0.2, 0.25) is 0 Å². The monoisotopic (exact) mass is 348 g/mol. The average Bonchev–Trinajstić information content (AvgIpc) is 3.12. The van der Waals surface area contributed by atoms with Crippen LogP contribution < -0.4 is 14.8 Å². The largest absolute Gasteiger partial charge is 0.497 e. The summed E-state index contributed by atoms with van der Waals surface area (Å²) in [6.07, 6.45) is 3.34. The topological polar surface area (TPSA) is 89.1 Å². The van der Waals surface area contributed by atoms with Gasteiger partial charge in [0.2, 0.25) is 5.88 Å². The van der Waals surface area contributed by atoms with Gasteiger partial charge in [-0.1, -0.05) is 6.07 Å². The molecule has 2 N–H and O–H groups in total. The lowest BCUT2D eigenvalue weighted by molar-refractivity contribution is 0.102. The Kier molecular flexibility index (Phi) is 3.89. The van der Waals surface area contributed by atoms with Gasteiger partial charge in [0.15, 0.2) is 0 Å². The number of aromatic amines is 1. The van der Waals surface area contributed by atoms with E-state index >= 15 is 0 Å². The van der Waals surface area contributed by atoms with E-state index in [1.165, 1.54) is 0 Å². The number of carbonyl (C=O) groups excluding carboxylic acids is 1. The van der Waals surface area contributed by atoms with Gasteiger partial charge < -0.3 is 19.8 Å². The van der Waals surface area contributed by atoms with Crippen molar-refractivity contribution < 1.29 is 14.3 Å². The van der Waals surface area contributed by atoms with Gasteiger partial charge in [0, 0.05) is 29.4 Å². The normalized spacial score (nSPS) is 10.8. The first kappa shape index (κ1) is 15.9. The maximum atomic E-state index is 12.8. The van der Waals surface area contributed by atoms with E-state index in [2.05, 4.69) is 20.3 Å². The van der Waals surface area contributed by atoms with Crippen LogP contribution >= 0.6 is 0 Å². The van der Waals surface area contributed by atoms with E-state index < -0.39 is 0 Å². The quantitative estimate of drug-likeness (QED) is 0.590. The van der Waals surface area contributed by atoms with E-state index in [1.807, 2.05) is 18.2 Å². The van der Waals surface area contributed by atoms with Crippen molar-refractivity contribution in [1.29, 1.82) is 0 Å². The number of methoxy groups -OCH3 is 2. The molecule has 4 rings (SSSR count). The fraction of sp³-hybridized carbons (Fsp3) is 0.105. The third-order valence-electron chi connectivity index (χ3n) is 4.11. The first-order chi connectivity index (χ1) is 12.7. The summed E-state index contributed by atoms with van der Waals surface area (Å²) in [4.78, 5) is 24.7. The summed E-state index contributed by atoms with van der Waals surface area (Å²) in [6.45, 7) is 0. The third kappa shape index (κ3) is 2.69. The van der Waals surface area contributed by atoms with Gasteiger partial charge in [-0.05, 0) is 18.2 Å². The van der Waals surface area contributed by atoms with Crippen molar-refractivity contribution in [3.05, 3.63) is 54.4 Å². The molecule has 0 aliphatic heterocycles. The van der Waals surface area contributed by atoms with Gasteiger partial charge in [-0.25, -0.2) is 4.98 Å². The van der Waals surface area contributed by atoms with Crippen LogP contribution in [0.25, 0.3) is 21.9 Å². The second kappa shape index (κ2) is 6.36. The zero-order chi connectivity index (χ0) is 18.1. The molecule has 0 bridgehead atoms. The lowest BCUT2D eigenvalue weighted by Gasteiger charge is -2.07. The van der Waals surface area contributed by atoms with Gasteiger partial charge in [-0.3, -0.25) is 9.78 Å². The smallest absolute Gasteiger partial charge is 0.257 e. The number of hydrogen-bond donors (Lipinski definition) is 2. The van der Waals surface area contributed by atoms with Gasteiger partial charge in [-0.2, -0.15) is 0 Å². The number of ether oxygens (including phenoxy) is 2. The molecule has 130 valence electrons. The van der Waals surface area contributed by atoms with Gasteiger partial charge >= 0.3 is 0 Å². The van der Waals surface area contributed by atoms with Crippen molar-refractivity contribution in [1.82, 2.24) is 15.0 Å². The van der Waals surface area contributed by atoms with Crippen molar-refractivity contribution in [2.45, 2.75) is 0 Å². The third-order valence-corrected chi connectivity index (χ3v) is 4.11. The zero-order valence-corrected chi connectivity index (χ0v) is 14.2. The van der Waals surface area contributed by atoms with Crippen molar-refractivity contribution >= 4 is 33.5 Å². The summed E-state index contributed by atoms with van der Waals surface area (Å²) in [5, 5.41) is 3.59. The van der Waals surface area contributed by atoms with Crippen LogP contribution in [0.5, 0.6) is 11.6 Å². The SMILES string of the molecule is COc1cccc(NC(=O)c2c[nH]c3cnc4ccc(OC)nc4c23)c1. The molecule has 4 aromatic rings. The van der Waals surface area contributed by atoms with E-state index in [1.54, 1.807) is 44.8 Å². The van der Waals surface area contributed by atoms with Gasteiger partial charge in [0.1, 0.15) is 11.3 Å². The maximum absolute atomic E-state index is 12.8. The van der Waals surface area contributed by atoms with Crippen LogP contribution in [0.1, 0.15) is 10.4 Å². The molecule has 3 aromatic heterocycles. The number of benzene rings is 1. The Morgan fingerprint density at radius 2 is 2.04 bits per heavy atom. The molecule has 0 aliphatic rings. The molecule has 1 aromatic carbocycles. The Balaban J connectivity index is 1.80. The van der Waals surface area contributed by atoms with Gasteiger partial charge in [0.25, 0.3) is 5.91 Å². The number of carbonyl (C=O) groups is 1. The number of hydrogen-bond acceptors (Lipinski definition) is 5. The Bertz CT molecular complexity index is 1120. The minimum absolute atomic E-state index is 0.248. The highest BCUT2D eigenvalue weighted by molar-refractivity contribution is 6.18. The second-order valence-corrected chi connectivity index (χ2v) is 5.66. The van der Waals surface area contributed by atoms with E-state index in [0.29, 0.717) is 39.3 Å². The lowest BCUT2D eigenvalue weighted by Crippen LogP contribution is -2.11. The van der Waals surface area contributed by atoms with Crippen LogP contribution in [0.15, 0.2) is 48.8 Å². The van der Waals surface area contributed by atoms with Crippen LogP contribution in [0.4, 0.5) is 5.69 Å². The molecule has 0 unspecified atom stereocenters. The highest BCUT2D eigenvalue weighted by Gasteiger charge is 2.17. The Morgan fingerprint density at radius 1 is 1.15 bits per heavy atom. The summed E-state index contributed by atoms with van der Waals surface area (Å²) in [5.74, 6) is 0.886. The minimum atomic E-state index is -0.248. The summed E-state index contributed by atoms with van der Waals surface area (Å²) in [7, 11) is 3.13. The Labute approximate surface area is 149 Å². The number of rotatable bonds is 4. The van der Waals surface area contributed by atoms with E-state index in [0.717, 1.165) is 5.52 Å². The summed E-state index contributed by atoms with van der Waals surface area (Å²) in [6, 6.07) is 10.7. The van der Waals surface area contributed by atoms with Crippen LogP contribution in [-0.4, -0.2) is 35.1 Å². The molecular weight excluding hydrogens is 332 g/mol. The molecule has 0 fully saturated rings. The zero-order valence-electron chi connectivity index (χ0n) is 14.2. The number of aromatic nitrogens is 3. The van der Waals surface area contributed by atoms with Crippen LogP contribution in [0.3, 0.4) is 0 Å². The van der Waals surface area contributed by atoms with E-state index in [-0.39, 0.29) is 5.91 Å². The van der Waals surface area contributed by atoms with Crippen molar-refractivity contribution in [2.75, 3.05) is 19.5 Å². The number of amides is 1. The van der Waals surface area contributed by atoms with Crippen molar-refractivity contribution in [3.8, 4) is 11.6 Å². The molecule has 0 atom stereocenters. The maximum Gasteiger partial charge on any atom is 0.257 e. The Morgan fingerprint density at radius 3 is 2.85 bits per heavy atom. The molecule has 1 amide bonds. The van der Waals surface area contributed by atoms with Crippen molar-refractivity contribution in [3.63, 3.8) is 0 Å². The molecular formula is C19H16N4O3. The summed E-state index contributed by atoms with van der Waals surface area (Å²) in [5.41, 5.74) is 3.16. The first-order valence-corrected chi connectivity index (χ1v) is 7.96. The molecule has 7 heteroatoms. The average molecular weight is 348 g/mol. The predicted molar refractivity (Wildman–Crippen MR) is 98.9 cm³/mol.